The van der Waals surface area contributed by atoms with E-state index in [1.54, 1.807) is 0 Å². The van der Waals surface area contributed by atoms with Gasteiger partial charge in [-0.15, -0.1) is 0 Å². The van der Waals surface area contributed by atoms with Gasteiger partial charge >= 0.3 is 17.9 Å². The Hall–Kier alpha value is -2.89. The van der Waals surface area contributed by atoms with Crippen molar-refractivity contribution in [2.75, 3.05) is 13.2 Å². The van der Waals surface area contributed by atoms with Crippen molar-refractivity contribution in [3.05, 3.63) is 60.8 Å². The second-order valence-electron chi connectivity index (χ2n) is 21.0. The van der Waals surface area contributed by atoms with Crippen LogP contribution >= 0.6 is 0 Å². The monoisotopic (exact) mass is 1010 g/mol. The molecular formula is C66H118O6. The highest BCUT2D eigenvalue weighted by Crippen LogP contribution is 2.17. The van der Waals surface area contributed by atoms with Crippen LogP contribution in [-0.2, 0) is 28.6 Å². The quantitative estimate of drug-likeness (QED) is 0.0261. The molecule has 1 atom stereocenters. The predicted octanol–water partition coefficient (Wildman–Crippen LogP) is 21.2. The number of esters is 3. The largest absolute Gasteiger partial charge is 0.462 e. The summed E-state index contributed by atoms with van der Waals surface area (Å²) in [5.74, 6) is -0.892. The Balaban J connectivity index is 4.14. The molecule has 0 bridgehead atoms. The maximum Gasteiger partial charge on any atom is 0.306 e. The van der Waals surface area contributed by atoms with Crippen LogP contribution in [-0.4, -0.2) is 37.2 Å². The normalized spacial score (nSPS) is 12.4. The first-order chi connectivity index (χ1) is 35.5. The topological polar surface area (TPSA) is 78.9 Å². The molecule has 72 heavy (non-hydrogen) atoms. The third-order valence-electron chi connectivity index (χ3n) is 13.7. The van der Waals surface area contributed by atoms with Gasteiger partial charge in [0.1, 0.15) is 13.2 Å². The Kier molecular flexibility index (Phi) is 58.2. The fourth-order valence-corrected chi connectivity index (χ4v) is 8.98. The van der Waals surface area contributed by atoms with E-state index in [1.165, 1.54) is 180 Å². The highest BCUT2D eigenvalue weighted by molar-refractivity contribution is 5.71. The average molecular weight is 1010 g/mol. The fraction of sp³-hybridized carbons (Fsp3) is 0.803. The summed E-state index contributed by atoms with van der Waals surface area (Å²) in [7, 11) is 0. The smallest absolute Gasteiger partial charge is 0.306 e. The van der Waals surface area contributed by atoms with Crippen molar-refractivity contribution in [1.82, 2.24) is 0 Å². The third kappa shape index (κ3) is 58.0. The van der Waals surface area contributed by atoms with E-state index in [1.807, 2.05) is 0 Å². The fourth-order valence-electron chi connectivity index (χ4n) is 8.98. The molecule has 6 nitrogen and oxygen atoms in total. The lowest BCUT2D eigenvalue weighted by Crippen LogP contribution is -2.30. The molecule has 0 fully saturated rings. The van der Waals surface area contributed by atoms with Gasteiger partial charge in [-0.1, -0.05) is 261 Å². The van der Waals surface area contributed by atoms with Crippen molar-refractivity contribution in [3.8, 4) is 0 Å². The number of allylic oxidation sites excluding steroid dienone is 10. The minimum absolute atomic E-state index is 0.0802. The van der Waals surface area contributed by atoms with Gasteiger partial charge in [0.2, 0.25) is 0 Å². The van der Waals surface area contributed by atoms with E-state index in [9.17, 15) is 14.4 Å². The minimum Gasteiger partial charge on any atom is -0.462 e. The number of ether oxygens (including phenoxy) is 3. The standard InChI is InChI=1S/C66H118O6/c1-4-7-10-13-16-19-22-25-26-27-28-29-30-31-32-33-34-35-36-37-38-39-40-42-44-47-50-53-56-59-65(68)71-62-63(61-70-64(67)58-55-52-49-46-43-24-21-18-15-12-9-6-3)72-66(69)60-57-54-51-48-45-41-23-20-17-14-11-8-5-2/h11,14,18,20-23,25,27-28,63H,4-10,12-13,15-17,19,24,26,29-62H2,1-3H3/b14-11-,21-18-,23-20-,25-22-,28-27-. The molecule has 0 amide bonds. The molecule has 0 aromatic heterocycles. The zero-order valence-corrected chi connectivity index (χ0v) is 47.9. The number of rotatable bonds is 57. The van der Waals surface area contributed by atoms with Crippen molar-refractivity contribution in [2.24, 2.45) is 0 Å². The first-order valence-corrected chi connectivity index (χ1v) is 31.3. The summed E-state index contributed by atoms with van der Waals surface area (Å²) in [6, 6.07) is 0. The summed E-state index contributed by atoms with van der Waals surface area (Å²) in [5.41, 5.74) is 0. The van der Waals surface area contributed by atoms with Crippen molar-refractivity contribution in [1.29, 1.82) is 0 Å². The van der Waals surface area contributed by atoms with Crippen molar-refractivity contribution in [3.63, 3.8) is 0 Å². The highest BCUT2D eigenvalue weighted by atomic mass is 16.6. The van der Waals surface area contributed by atoms with Crippen LogP contribution in [0.2, 0.25) is 0 Å². The van der Waals surface area contributed by atoms with E-state index >= 15 is 0 Å². The van der Waals surface area contributed by atoms with Crippen LogP contribution in [0.15, 0.2) is 60.8 Å². The van der Waals surface area contributed by atoms with Crippen molar-refractivity contribution < 1.29 is 28.6 Å². The van der Waals surface area contributed by atoms with Crippen LogP contribution in [0, 0.1) is 0 Å². The van der Waals surface area contributed by atoms with Crippen LogP contribution in [0.1, 0.15) is 323 Å². The number of carbonyl (C=O) groups is 3. The molecular weight excluding hydrogens is 889 g/mol. The van der Waals surface area contributed by atoms with Gasteiger partial charge in [0, 0.05) is 19.3 Å². The molecule has 0 aliphatic carbocycles. The van der Waals surface area contributed by atoms with Crippen LogP contribution in [0.3, 0.4) is 0 Å². The third-order valence-corrected chi connectivity index (χ3v) is 13.7. The van der Waals surface area contributed by atoms with E-state index in [-0.39, 0.29) is 31.1 Å². The molecule has 0 heterocycles. The second kappa shape index (κ2) is 60.7. The summed E-state index contributed by atoms with van der Waals surface area (Å²) in [5, 5.41) is 0. The lowest BCUT2D eigenvalue weighted by atomic mass is 10.0. The van der Waals surface area contributed by atoms with Gasteiger partial charge in [-0.25, -0.2) is 0 Å². The van der Waals surface area contributed by atoms with E-state index in [0.29, 0.717) is 19.3 Å². The van der Waals surface area contributed by atoms with Crippen LogP contribution in [0.5, 0.6) is 0 Å². The molecule has 0 aliphatic rings. The molecule has 1 unspecified atom stereocenters. The van der Waals surface area contributed by atoms with Gasteiger partial charge in [-0.2, -0.15) is 0 Å². The van der Waals surface area contributed by atoms with Gasteiger partial charge in [0.15, 0.2) is 6.10 Å². The summed E-state index contributed by atoms with van der Waals surface area (Å²) in [6.07, 6.45) is 76.7. The van der Waals surface area contributed by atoms with Gasteiger partial charge in [-0.3, -0.25) is 14.4 Å². The molecule has 418 valence electrons. The highest BCUT2D eigenvalue weighted by Gasteiger charge is 2.19. The molecule has 0 spiro atoms. The molecule has 0 aromatic rings. The van der Waals surface area contributed by atoms with Gasteiger partial charge in [0.05, 0.1) is 0 Å². The molecule has 0 saturated heterocycles. The Labute approximate surface area is 447 Å². The SMILES string of the molecule is CCC/C=C\C/C=C\CCCCCCCC(=O)OC(COC(=O)CCCCCCC/C=C\CCCCC)COC(=O)CCCCCCCCCCCCCCCCCCC/C=C\C/C=C\CCCCCCC. The van der Waals surface area contributed by atoms with Crippen LogP contribution < -0.4 is 0 Å². The zero-order valence-electron chi connectivity index (χ0n) is 47.9. The second-order valence-corrected chi connectivity index (χ2v) is 21.0. The first-order valence-electron chi connectivity index (χ1n) is 31.3. The Morgan fingerprint density at radius 2 is 0.528 bits per heavy atom. The Bertz CT molecular complexity index is 1290. The lowest BCUT2D eigenvalue weighted by molar-refractivity contribution is -0.167. The molecule has 0 aromatic carbocycles. The Morgan fingerprint density at radius 1 is 0.278 bits per heavy atom. The van der Waals surface area contributed by atoms with Crippen molar-refractivity contribution >= 4 is 17.9 Å². The predicted molar refractivity (Wildman–Crippen MR) is 312 cm³/mol. The maximum absolute atomic E-state index is 12.8. The Morgan fingerprint density at radius 3 is 0.861 bits per heavy atom. The molecule has 0 saturated carbocycles. The van der Waals surface area contributed by atoms with Gasteiger partial charge < -0.3 is 14.2 Å². The number of carbonyl (C=O) groups excluding carboxylic acids is 3. The number of unbranched alkanes of at least 4 members (excludes halogenated alkanes) is 36. The molecule has 0 radical (unpaired) electrons. The van der Waals surface area contributed by atoms with E-state index in [2.05, 4.69) is 81.5 Å². The van der Waals surface area contributed by atoms with Gasteiger partial charge in [-0.05, 0) is 103 Å². The summed E-state index contributed by atoms with van der Waals surface area (Å²) >= 11 is 0. The molecule has 0 rings (SSSR count). The first kappa shape index (κ1) is 69.1. The van der Waals surface area contributed by atoms with Crippen LogP contribution in [0.4, 0.5) is 0 Å². The molecule has 0 N–H and O–H groups in total. The minimum atomic E-state index is -0.783. The average Bonchev–Trinajstić information content (AvgIpc) is 3.38. The molecule has 0 aliphatic heterocycles. The van der Waals surface area contributed by atoms with E-state index in [4.69, 9.17) is 14.2 Å². The number of hydrogen-bond acceptors (Lipinski definition) is 6. The zero-order chi connectivity index (χ0) is 52.2. The summed E-state index contributed by atoms with van der Waals surface area (Å²) in [6.45, 7) is 6.55. The van der Waals surface area contributed by atoms with E-state index < -0.39 is 6.10 Å². The summed E-state index contributed by atoms with van der Waals surface area (Å²) in [4.78, 5) is 38.1. The number of hydrogen-bond donors (Lipinski definition) is 0. The molecule has 6 heteroatoms. The maximum atomic E-state index is 12.8. The summed E-state index contributed by atoms with van der Waals surface area (Å²) < 4.78 is 16.9. The van der Waals surface area contributed by atoms with Crippen LogP contribution in [0.25, 0.3) is 0 Å². The van der Waals surface area contributed by atoms with E-state index in [0.717, 1.165) is 103 Å². The lowest BCUT2D eigenvalue weighted by Gasteiger charge is -2.18. The van der Waals surface area contributed by atoms with Gasteiger partial charge in [0.25, 0.3) is 0 Å². The van der Waals surface area contributed by atoms with Crippen molar-refractivity contribution in [2.45, 2.75) is 329 Å².